The van der Waals surface area contributed by atoms with Gasteiger partial charge in [0.1, 0.15) is 5.75 Å². The summed E-state index contributed by atoms with van der Waals surface area (Å²) in [4.78, 5) is 20.2. The minimum Gasteiger partial charge on any atom is -0.494 e. The fourth-order valence-electron chi connectivity index (χ4n) is 5.17. The van der Waals surface area contributed by atoms with E-state index < -0.39 is 17.7 Å². The molecular formula is C28H34F3N3O4S. The number of carboxylic acid groups (broad SMARTS) is 1. The van der Waals surface area contributed by atoms with E-state index in [1.54, 1.807) is 13.2 Å². The number of methoxy groups -OCH3 is 1. The Morgan fingerprint density at radius 1 is 1.18 bits per heavy atom. The van der Waals surface area contributed by atoms with Gasteiger partial charge < -0.3 is 19.5 Å². The molecule has 2 aromatic carbocycles. The molecule has 1 fully saturated rings. The van der Waals surface area contributed by atoms with Crippen molar-refractivity contribution < 1.29 is 32.5 Å². The van der Waals surface area contributed by atoms with Crippen molar-refractivity contribution in [3.05, 3.63) is 53.1 Å². The lowest BCUT2D eigenvalue weighted by Crippen LogP contribution is -2.55. The maximum atomic E-state index is 13.2. The average molecular weight is 566 g/mol. The van der Waals surface area contributed by atoms with Crippen LogP contribution in [0.15, 0.2) is 36.4 Å². The van der Waals surface area contributed by atoms with Gasteiger partial charge in [0.15, 0.2) is 5.13 Å². The van der Waals surface area contributed by atoms with Crippen molar-refractivity contribution in [3.63, 3.8) is 0 Å². The number of piperidine rings is 1. The first-order valence-electron chi connectivity index (χ1n) is 12.9. The second-order valence-corrected chi connectivity index (χ2v) is 11.1. The molecule has 1 N–H and O–H groups in total. The van der Waals surface area contributed by atoms with Crippen molar-refractivity contribution >= 4 is 32.7 Å². The molecule has 0 amide bonds. The number of benzene rings is 2. The number of carboxylic acids is 1. The van der Waals surface area contributed by atoms with Gasteiger partial charge >= 0.3 is 12.1 Å². The number of thiazole rings is 1. The zero-order valence-electron chi connectivity index (χ0n) is 22.4. The standard InChI is InChI=1S/C28H34F3N3O4S/c1-19-14-20(17-25(35)36)16-22(15-19)38-12-8-27(33(2)11-13-37-3)6-9-34(10-7-27)26-32-23-5-4-21(28(29,30)31)18-24(23)39-26/h4-5,14-16,18H,6-13,17H2,1-3H3,(H,35,36). The van der Waals surface area contributed by atoms with E-state index in [4.69, 9.17) is 14.6 Å². The van der Waals surface area contributed by atoms with E-state index >= 15 is 0 Å². The van der Waals surface area contributed by atoms with Crippen LogP contribution in [0.25, 0.3) is 10.2 Å². The van der Waals surface area contributed by atoms with Gasteiger partial charge in [-0.3, -0.25) is 9.69 Å². The maximum absolute atomic E-state index is 13.2. The second kappa shape index (κ2) is 12.1. The number of likely N-dealkylation sites (N-methyl/N-ethyl adjacent to an activating group) is 1. The van der Waals surface area contributed by atoms with E-state index in [1.165, 1.54) is 23.5 Å². The number of halogens is 3. The van der Waals surface area contributed by atoms with E-state index in [-0.39, 0.29) is 12.0 Å². The molecule has 0 unspecified atom stereocenters. The van der Waals surface area contributed by atoms with Crippen LogP contribution in [-0.4, -0.2) is 73.5 Å². The minimum absolute atomic E-state index is 0.0547. The van der Waals surface area contributed by atoms with Crippen LogP contribution in [0.4, 0.5) is 18.3 Å². The highest BCUT2D eigenvalue weighted by atomic mass is 32.1. The van der Waals surface area contributed by atoms with Gasteiger partial charge in [0, 0.05) is 32.3 Å². The molecule has 1 aliphatic rings. The summed E-state index contributed by atoms with van der Waals surface area (Å²) in [6, 6.07) is 9.23. The van der Waals surface area contributed by atoms with E-state index in [2.05, 4.69) is 21.8 Å². The molecule has 11 heteroatoms. The first kappa shape index (κ1) is 29.1. The predicted octanol–water partition coefficient (Wildman–Crippen LogP) is 5.64. The molecule has 3 aromatic rings. The number of aliphatic carboxylic acids is 1. The van der Waals surface area contributed by atoms with Gasteiger partial charge in [-0.25, -0.2) is 4.98 Å². The number of hydrogen-bond acceptors (Lipinski definition) is 7. The smallest absolute Gasteiger partial charge is 0.416 e. The monoisotopic (exact) mass is 565 g/mol. The summed E-state index contributed by atoms with van der Waals surface area (Å²) < 4.78 is 51.4. The molecule has 0 saturated carbocycles. The first-order valence-corrected chi connectivity index (χ1v) is 13.7. The molecule has 212 valence electrons. The summed E-state index contributed by atoms with van der Waals surface area (Å²) in [7, 11) is 3.76. The van der Waals surface area contributed by atoms with Crippen LogP contribution in [0.1, 0.15) is 36.0 Å². The molecule has 0 atom stereocenters. The molecule has 0 bridgehead atoms. The molecule has 1 aliphatic heterocycles. The van der Waals surface area contributed by atoms with Crippen LogP contribution in [0.2, 0.25) is 0 Å². The first-order chi connectivity index (χ1) is 18.5. The Kier molecular flexibility index (Phi) is 9.03. The highest BCUT2D eigenvalue weighted by Gasteiger charge is 2.39. The van der Waals surface area contributed by atoms with Gasteiger partial charge in [0.05, 0.1) is 35.4 Å². The third kappa shape index (κ3) is 7.20. The summed E-state index contributed by atoms with van der Waals surface area (Å²) in [5.41, 5.74) is 1.42. The van der Waals surface area contributed by atoms with E-state index in [1.807, 2.05) is 19.1 Å². The summed E-state index contributed by atoms with van der Waals surface area (Å²) >= 11 is 1.29. The van der Waals surface area contributed by atoms with Gasteiger partial charge in [-0.15, -0.1) is 0 Å². The SMILES string of the molecule is COCCN(C)C1(CCOc2cc(C)cc(CC(=O)O)c2)CCN(c2nc3ccc(C(F)(F)F)cc3s2)CC1. The van der Waals surface area contributed by atoms with Crippen LogP contribution < -0.4 is 9.64 Å². The molecule has 4 rings (SSSR count). The zero-order chi connectivity index (χ0) is 28.2. The topological polar surface area (TPSA) is 75.1 Å². The lowest BCUT2D eigenvalue weighted by molar-refractivity contribution is -0.138. The number of nitrogens with zero attached hydrogens (tertiary/aromatic N) is 3. The van der Waals surface area contributed by atoms with Gasteiger partial charge in [0.25, 0.3) is 0 Å². The van der Waals surface area contributed by atoms with Crippen molar-refractivity contribution in [2.24, 2.45) is 0 Å². The quantitative estimate of drug-likeness (QED) is 0.323. The number of hydrogen-bond donors (Lipinski definition) is 1. The lowest BCUT2D eigenvalue weighted by Gasteiger charge is -2.47. The number of anilines is 1. The number of fused-ring (bicyclic) bond motifs is 1. The van der Waals surface area contributed by atoms with Crippen molar-refractivity contribution in [3.8, 4) is 5.75 Å². The Balaban J connectivity index is 1.45. The van der Waals surface area contributed by atoms with Gasteiger partial charge in [-0.05, 0) is 74.7 Å². The number of carbonyl (C=O) groups is 1. The maximum Gasteiger partial charge on any atom is 0.416 e. The Morgan fingerprint density at radius 2 is 1.92 bits per heavy atom. The molecule has 1 saturated heterocycles. The normalized spacial score (nSPS) is 15.7. The molecule has 0 aliphatic carbocycles. The van der Waals surface area contributed by atoms with Crippen LogP contribution in [0.5, 0.6) is 5.75 Å². The lowest BCUT2D eigenvalue weighted by atomic mass is 9.83. The molecule has 0 spiro atoms. The summed E-state index contributed by atoms with van der Waals surface area (Å²) in [6.45, 7) is 5.17. The highest BCUT2D eigenvalue weighted by molar-refractivity contribution is 7.22. The third-order valence-corrected chi connectivity index (χ3v) is 8.49. The minimum atomic E-state index is -4.38. The van der Waals surface area contributed by atoms with E-state index in [0.29, 0.717) is 34.7 Å². The Bertz CT molecular complexity index is 1290. The van der Waals surface area contributed by atoms with Crippen LogP contribution >= 0.6 is 11.3 Å². The fourth-order valence-corrected chi connectivity index (χ4v) is 6.23. The number of alkyl halides is 3. The van der Waals surface area contributed by atoms with Crippen molar-refractivity contribution in [1.82, 2.24) is 9.88 Å². The van der Waals surface area contributed by atoms with Gasteiger partial charge in [-0.2, -0.15) is 13.2 Å². The largest absolute Gasteiger partial charge is 0.494 e. The van der Waals surface area contributed by atoms with E-state index in [9.17, 15) is 18.0 Å². The van der Waals surface area contributed by atoms with Crippen molar-refractivity contribution in [2.75, 3.05) is 51.9 Å². The second-order valence-electron chi connectivity index (χ2n) is 10.1. The van der Waals surface area contributed by atoms with Gasteiger partial charge in [0.2, 0.25) is 0 Å². The molecular weight excluding hydrogens is 531 g/mol. The molecule has 1 aromatic heterocycles. The number of aryl methyl sites for hydroxylation is 1. The summed E-state index contributed by atoms with van der Waals surface area (Å²) in [5, 5.41) is 9.88. The number of ether oxygens (including phenoxy) is 2. The fraction of sp³-hybridized carbons (Fsp3) is 0.500. The van der Waals surface area contributed by atoms with Crippen LogP contribution in [0.3, 0.4) is 0 Å². The zero-order valence-corrected chi connectivity index (χ0v) is 23.2. The third-order valence-electron chi connectivity index (χ3n) is 7.41. The Hall–Kier alpha value is -2.89. The Morgan fingerprint density at radius 3 is 2.59 bits per heavy atom. The number of rotatable bonds is 11. The summed E-state index contributed by atoms with van der Waals surface area (Å²) in [5.74, 6) is -0.225. The molecule has 2 heterocycles. The van der Waals surface area contributed by atoms with E-state index in [0.717, 1.165) is 55.7 Å². The van der Waals surface area contributed by atoms with Gasteiger partial charge in [-0.1, -0.05) is 17.4 Å². The van der Waals surface area contributed by atoms with Crippen molar-refractivity contribution in [1.29, 1.82) is 0 Å². The van der Waals surface area contributed by atoms with Crippen LogP contribution in [0, 0.1) is 6.92 Å². The Labute approximate surface area is 230 Å². The average Bonchev–Trinajstić information content (AvgIpc) is 3.30. The number of aromatic nitrogens is 1. The molecule has 39 heavy (non-hydrogen) atoms. The van der Waals surface area contributed by atoms with Crippen molar-refractivity contribution in [2.45, 2.75) is 44.3 Å². The van der Waals surface area contributed by atoms with Crippen LogP contribution in [-0.2, 0) is 22.1 Å². The highest BCUT2D eigenvalue weighted by Crippen LogP contribution is 2.38. The summed E-state index contributed by atoms with van der Waals surface area (Å²) in [6.07, 6.45) is -2.01. The predicted molar refractivity (Wildman–Crippen MR) is 146 cm³/mol. The molecule has 0 radical (unpaired) electrons. The molecule has 7 nitrogen and oxygen atoms in total.